The van der Waals surface area contributed by atoms with Gasteiger partial charge in [-0.05, 0) is 85.0 Å². The number of urea groups is 1. The number of anilines is 1. The lowest BCUT2D eigenvalue weighted by molar-refractivity contribution is -0.274. The molecule has 0 bridgehead atoms. The summed E-state index contributed by atoms with van der Waals surface area (Å²) < 4.78 is 48.0. The number of hydrogen-bond acceptors (Lipinski definition) is 7. The largest absolute Gasteiger partial charge is 0.573 e. The van der Waals surface area contributed by atoms with Gasteiger partial charge < -0.3 is 14.8 Å². The topological polar surface area (TPSA) is 111 Å². The van der Waals surface area contributed by atoms with Crippen LogP contribution in [0.15, 0.2) is 72.0 Å². The van der Waals surface area contributed by atoms with Crippen LogP contribution in [-0.4, -0.2) is 57.1 Å². The van der Waals surface area contributed by atoms with Gasteiger partial charge in [-0.1, -0.05) is 23.9 Å². The summed E-state index contributed by atoms with van der Waals surface area (Å²) in [7, 11) is 1.57. The number of nitrogens with zero attached hydrogens (tertiary/aromatic N) is 5. The van der Waals surface area contributed by atoms with Crippen molar-refractivity contribution in [2.45, 2.75) is 32.2 Å². The molecule has 3 aromatic carbocycles. The van der Waals surface area contributed by atoms with E-state index in [-0.39, 0.29) is 23.5 Å². The number of ether oxygens (including phenoxy) is 2. The van der Waals surface area contributed by atoms with Gasteiger partial charge in [0.05, 0.1) is 24.2 Å². The van der Waals surface area contributed by atoms with Crippen LogP contribution in [0.1, 0.15) is 16.7 Å². The lowest BCUT2D eigenvalue weighted by Crippen LogP contribution is -2.36. The van der Waals surface area contributed by atoms with E-state index in [0.717, 1.165) is 22.3 Å². The second-order valence-electron chi connectivity index (χ2n) is 10.2. The Morgan fingerprint density at radius 3 is 2.52 bits per heavy atom. The molecule has 1 fully saturated rings. The second kappa shape index (κ2) is 11.7. The average Bonchev–Trinajstić information content (AvgIpc) is 3.71. The quantitative estimate of drug-likeness (QED) is 0.304. The van der Waals surface area contributed by atoms with Crippen molar-refractivity contribution in [2.75, 3.05) is 17.8 Å². The fourth-order valence-electron chi connectivity index (χ4n) is 5.16. The van der Waals surface area contributed by atoms with Gasteiger partial charge >= 0.3 is 12.4 Å². The molecule has 0 radical (unpaired) electrons. The van der Waals surface area contributed by atoms with Gasteiger partial charge in [0.25, 0.3) is 0 Å². The van der Waals surface area contributed by atoms with Crippen LogP contribution in [0.3, 0.4) is 0 Å². The number of thioether (sulfide) groups is 1. The van der Waals surface area contributed by atoms with Crippen LogP contribution in [0, 0.1) is 6.92 Å². The Labute approximate surface area is 253 Å². The average molecular weight is 623 g/mol. The van der Waals surface area contributed by atoms with E-state index in [1.165, 1.54) is 51.9 Å². The van der Waals surface area contributed by atoms with Gasteiger partial charge in [-0.15, -0.1) is 18.3 Å². The molecule has 1 aromatic heterocycles. The Bertz CT molecular complexity index is 1770. The number of rotatable bonds is 6. The van der Waals surface area contributed by atoms with Crippen molar-refractivity contribution < 1.29 is 32.2 Å². The summed E-state index contributed by atoms with van der Waals surface area (Å²) in [5, 5.41) is 7.76. The molecule has 3 amide bonds. The number of nitrogens with one attached hydrogen (secondary N) is 1. The first-order valence-electron chi connectivity index (χ1n) is 13.5. The summed E-state index contributed by atoms with van der Waals surface area (Å²) >= 11 is 1.22. The zero-order chi connectivity index (χ0) is 31.0. The molecule has 2 aliphatic rings. The van der Waals surface area contributed by atoms with Gasteiger partial charge in [0.1, 0.15) is 17.8 Å². The smallest absolute Gasteiger partial charge is 0.497 e. The van der Waals surface area contributed by atoms with Crippen molar-refractivity contribution >= 4 is 34.6 Å². The number of aliphatic imine (C=N–C) groups is 1. The zero-order valence-electron chi connectivity index (χ0n) is 23.5. The predicted molar refractivity (Wildman–Crippen MR) is 158 cm³/mol. The SMILES string of the molecule is COc1ccc(N2C(=O)CS/C2=N\C(=O)NC2Cc3ccc(-c4ncn(-c5ccc(OC(F)(F)F)cc5)n4)cc3C2)c(C)c1. The van der Waals surface area contributed by atoms with Crippen LogP contribution in [0.25, 0.3) is 17.1 Å². The van der Waals surface area contributed by atoms with Crippen LogP contribution in [0.4, 0.5) is 23.7 Å². The first-order chi connectivity index (χ1) is 21.1. The number of aromatic nitrogens is 3. The van der Waals surface area contributed by atoms with Crippen LogP contribution >= 0.6 is 11.8 Å². The fraction of sp³-hybridized carbons (Fsp3) is 0.233. The number of amidine groups is 1. The minimum atomic E-state index is -4.77. The minimum absolute atomic E-state index is 0.154. The summed E-state index contributed by atoms with van der Waals surface area (Å²) in [6.07, 6.45) is -2.09. The van der Waals surface area contributed by atoms with Crippen molar-refractivity contribution in [3.63, 3.8) is 0 Å². The van der Waals surface area contributed by atoms with E-state index in [9.17, 15) is 22.8 Å². The van der Waals surface area contributed by atoms with Crippen molar-refractivity contribution in [3.8, 4) is 28.6 Å². The van der Waals surface area contributed by atoms with Crippen LogP contribution < -0.4 is 19.7 Å². The number of carbonyl (C=O) groups excluding carboxylic acids is 2. The molecular weight excluding hydrogens is 597 g/mol. The molecule has 1 aliphatic carbocycles. The summed E-state index contributed by atoms with van der Waals surface area (Å²) in [5.74, 6) is 0.825. The molecule has 4 aromatic rings. The van der Waals surface area contributed by atoms with Crippen LogP contribution in [-0.2, 0) is 17.6 Å². The van der Waals surface area contributed by atoms with E-state index in [1.807, 2.05) is 31.2 Å². The maximum Gasteiger partial charge on any atom is 0.573 e. The van der Waals surface area contributed by atoms with E-state index < -0.39 is 12.4 Å². The number of carbonyl (C=O) groups is 2. The van der Waals surface area contributed by atoms with E-state index in [1.54, 1.807) is 19.2 Å². The lowest BCUT2D eigenvalue weighted by atomic mass is 10.1. The highest BCUT2D eigenvalue weighted by Gasteiger charge is 2.33. The number of amides is 3. The summed E-state index contributed by atoms with van der Waals surface area (Å²) in [6.45, 7) is 1.87. The molecule has 1 saturated heterocycles. The summed E-state index contributed by atoms with van der Waals surface area (Å²) in [4.78, 5) is 35.7. The minimum Gasteiger partial charge on any atom is -0.497 e. The number of methoxy groups -OCH3 is 1. The normalized spacial score (nSPS) is 17.2. The Balaban J connectivity index is 1.11. The molecule has 1 atom stereocenters. The molecule has 1 unspecified atom stereocenters. The van der Waals surface area contributed by atoms with Gasteiger partial charge in [0.15, 0.2) is 11.0 Å². The first-order valence-corrected chi connectivity index (χ1v) is 14.4. The molecule has 2 heterocycles. The van der Waals surface area contributed by atoms with Gasteiger partial charge in [-0.3, -0.25) is 9.69 Å². The number of alkyl halides is 3. The Morgan fingerprint density at radius 1 is 1.05 bits per heavy atom. The Morgan fingerprint density at radius 2 is 1.80 bits per heavy atom. The molecule has 6 rings (SSSR count). The Hall–Kier alpha value is -4.85. The number of fused-ring (bicyclic) bond motifs is 1. The zero-order valence-corrected chi connectivity index (χ0v) is 24.3. The molecule has 1 N–H and O–H groups in total. The van der Waals surface area contributed by atoms with Gasteiger partial charge in [-0.2, -0.15) is 4.99 Å². The monoisotopic (exact) mass is 622 g/mol. The highest BCUT2D eigenvalue weighted by atomic mass is 32.2. The highest BCUT2D eigenvalue weighted by molar-refractivity contribution is 8.15. The third kappa shape index (κ3) is 6.25. The highest BCUT2D eigenvalue weighted by Crippen LogP contribution is 2.32. The molecular formula is C30H25F3N6O4S. The van der Waals surface area contributed by atoms with Crippen molar-refractivity contribution in [1.82, 2.24) is 20.1 Å². The van der Waals surface area contributed by atoms with Crippen molar-refractivity contribution in [2.24, 2.45) is 4.99 Å². The van der Waals surface area contributed by atoms with E-state index in [4.69, 9.17) is 4.74 Å². The second-order valence-corrected chi connectivity index (χ2v) is 11.1. The van der Waals surface area contributed by atoms with Gasteiger partial charge in [0.2, 0.25) is 5.91 Å². The number of hydrogen-bond donors (Lipinski definition) is 1. The van der Waals surface area contributed by atoms with Crippen molar-refractivity contribution in [1.29, 1.82) is 0 Å². The van der Waals surface area contributed by atoms with Crippen LogP contribution in [0.5, 0.6) is 11.5 Å². The maximum absolute atomic E-state index is 12.9. The van der Waals surface area contributed by atoms with Crippen molar-refractivity contribution in [3.05, 3.63) is 83.7 Å². The standard InChI is InChI=1S/C30H25F3N6O4S/c1-17-11-24(42-2)9-10-25(17)39-26(40)15-44-29(39)36-28(41)35-21-13-18-3-4-19(12-20(18)14-21)27-34-16-38(37-27)22-5-7-23(8-6-22)43-30(31,32)33/h3-12,16,21H,13-15H2,1-2H3,(H,35,41)/b36-29-. The Kier molecular flexibility index (Phi) is 7.76. The third-order valence-electron chi connectivity index (χ3n) is 7.16. The fourth-order valence-corrected chi connectivity index (χ4v) is 6.02. The lowest BCUT2D eigenvalue weighted by Gasteiger charge is -2.19. The summed E-state index contributed by atoms with van der Waals surface area (Å²) in [5.41, 5.74) is 4.86. The van der Waals surface area contributed by atoms with E-state index >= 15 is 0 Å². The first kappa shape index (κ1) is 29.2. The number of halogens is 3. The number of aryl methyl sites for hydroxylation is 1. The summed E-state index contributed by atoms with van der Waals surface area (Å²) in [6, 6.07) is 15.8. The van der Waals surface area contributed by atoms with Gasteiger partial charge in [0, 0.05) is 11.6 Å². The van der Waals surface area contributed by atoms with Crippen LogP contribution in [0.2, 0.25) is 0 Å². The molecule has 0 spiro atoms. The predicted octanol–water partition coefficient (Wildman–Crippen LogP) is 5.46. The molecule has 10 nitrogen and oxygen atoms in total. The molecule has 1 aliphatic heterocycles. The molecule has 0 saturated carbocycles. The maximum atomic E-state index is 12.9. The number of benzene rings is 3. The molecule has 14 heteroatoms. The molecule has 44 heavy (non-hydrogen) atoms. The van der Waals surface area contributed by atoms with Gasteiger partial charge in [-0.25, -0.2) is 14.5 Å². The van der Waals surface area contributed by atoms with E-state index in [2.05, 4.69) is 25.1 Å². The molecule has 226 valence electrons. The third-order valence-corrected chi connectivity index (χ3v) is 8.08. The van der Waals surface area contributed by atoms with E-state index in [0.29, 0.717) is 41.0 Å².